The summed E-state index contributed by atoms with van der Waals surface area (Å²) in [5.74, 6) is 0.397. The number of nitrogens with two attached hydrogens (primary N) is 1. The van der Waals surface area contributed by atoms with E-state index in [0.717, 1.165) is 42.0 Å². The lowest BCUT2D eigenvalue weighted by Gasteiger charge is -2.21. The van der Waals surface area contributed by atoms with Crippen LogP contribution >= 0.6 is 24.8 Å². The molecule has 0 saturated carbocycles. The molecule has 1 aliphatic rings. The second-order valence-corrected chi connectivity index (χ2v) is 7.08. The Balaban J connectivity index is 0.00000240. The summed E-state index contributed by atoms with van der Waals surface area (Å²) in [5.41, 5.74) is 9.91. The summed E-state index contributed by atoms with van der Waals surface area (Å²) in [6.45, 7) is 1.93. The smallest absolute Gasteiger partial charge is 0.411 e. The van der Waals surface area contributed by atoms with E-state index in [9.17, 15) is 9.59 Å². The van der Waals surface area contributed by atoms with Crippen molar-refractivity contribution < 1.29 is 19.1 Å². The number of nitrogens with zero attached hydrogens (tertiary/aromatic N) is 1. The van der Waals surface area contributed by atoms with Gasteiger partial charge in [-0.3, -0.25) is 5.32 Å². The van der Waals surface area contributed by atoms with Gasteiger partial charge in [-0.25, -0.2) is 14.6 Å². The second kappa shape index (κ2) is 11.8. The second-order valence-electron chi connectivity index (χ2n) is 7.08. The Hall–Kier alpha value is -2.49. The Morgan fingerprint density at radius 3 is 2.55 bits per heavy atom. The third-order valence-corrected chi connectivity index (χ3v) is 5.03. The SMILES string of the molecule is COC(=O)Nc1ccc2c(c1)N[C@@H](C(=O)OC)CCCC[C@H](N)c1nc-2c(C)[nH]1.Cl.Cl. The molecule has 0 fully saturated rings. The van der Waals surface area contributed by atoms with Gasteiger partial charge >= 0.3 is 12.1 Å². The summed E-state index contributed by atoms with van der Waals surface area (Å²) in [6, 6.07) is 4.62. The fourth-order valence-electron chi connectivity index (χ4n) is 3.47. The van der Waals surface area contributed by atoms with Gasteiger partial charge in [0, 0.05) is 22.6 Å². The van der Waals surface area contributed by atoms with E-state index in [1.165, 1.54) is 14.2 Å². The first-order valence-electron chi connectivity index (χ1n) is 9.58. The van der Waals surface area contributed by atoms with Crippen molar-refractivity contribution in [3.63, 3.8) is 0 Å². The maximum absolute atomic E-state index is 12.3. The minimum absolute atomic E-state index is 0. The van der Waals surface area contributed by atoms with E-state index in [0.29, 0.717) is 17.8 Å². The van der Waals surface area contributed by atoms with Gasteiger partial charge in [0.2, 0.25) is 0 Å². The van der Waals surface area contributed by atoms with Gasteiger partial charge in [-0.05, 0) is 38.0 Å². The van der Waals surface area contributed by atoms with Crippen LogP contribution in [0.2, 0.25) is 0 Å². The molecule has 0 saturated heterocycles. The van der Waals surface area contributed by atoms with Crippen molar-refractivity contribution in [2.75, 3.05) is 24.9 Å². The summed E-state index contributed by atoms with van der Waals surface area (Å²) in [6.07, 6.45) is 2.47. The largest absolute Gasteiger partial charge is 0.467 e. The molecule has 0 radical (unpaired) electrons. The zero-order valence-corrected chi connectivity index (χ0v) is 19.3. The first kappa shape index (κ1) is 26.5. The highest BCUT2D eigenvalue weighted by atomic mass is 35.5. The van der Waals surface area contributed by atoms with Gasteiger partial charge < -0.3 is 25.5 Å². The number of carbonyl (C=O) groups excluding carboxylic acids is 2. The van der Waals surface area contributed by atoms with E-state index < -0.39 is 12.1 Å². The number of fused-ring (bicyclic) bond motifs is 4. The lowest BCUT2D eigenvalue weighted by molar-refractivity contribution is -0.141. The van der Waals surface area contributed by atoms with Crippen molar-refractivity contribution in [2.45, 2.75) is 44.7 Å². The molecular weight excluding hydrogens is 445 g/mol. The highest BCUT2D eigenvalue weighted by Gasteiger charge is 2.24. The number of nitrogens with one attached hydrogen (secondary N) is 3. The Bertz CT molecular complexity index is 906. The maximum atomic E-state index is 12.3. The average Bonchev–Trinajstić information content (AvgIpc) is 3.10. The maximum Gasteiger partial charge on any atom is 0.411 e. The molecule has 0 unspecified atom stereocenters. The molecule has 1 aliphatic heterocycles. The number of rotatable bonds is 2. The molecule has 0 spiro atoms. The van der Waals surface area contributed by atoms with Gasteiger partial charge in [0.05, 0.1) is 26.0 Å². The lowest BCUT2D eigenvalue weighted by Crippen LogP contribution is -2.31. The molecule has 5 N–H and O–H groups in total. The zero-order chi connectivity index (χ0) is 21.0. The molecule has 3 rings (SSSR count). The van der Waals surface area contributed by atoms with E-state index in [1.807, 2.05) is 13.0 Å². The number of imidazole rings is 1. The number of carbonyl (C=O) groups is 2. The van der Waals surface area contributed by atoms with Crippen molar-refractivity contribution in [1.82, 2.24) is 9.97 Å². The fraction of sp³-hybridized carbons (Fsp3) is 0.450. The number of aromatic amines is 1. The van der Waals surface area contributed by atoms with Crippen LogP contribution in [0.1, 0.15) is 43.2 Å². The number of anilines is 2. The normalized spacial score (nSPS) is 17.8. The summed E-state index contributed by atoms with van der Waals surface area (Å²) in [4.78, 5) is 31.9. The van der Waals surface area contributed by atoms with Crippen LogP contribution in [0.5, 0.6) is 0 Å². The third-order valence-electron chi connectivity index (χ3n) is 5.03. The summed E-state index contributed by atoms with van der Waals surface area (Å²) in [5, 5.41) is 5.93. The summed E-state index contributed by atoms with van der Waals surface area (Å²) >= 11 is 0. The highest BCUT2D eigenvalue weighted by Crippen LogP contribution is 2.34. The molecule has 9 nitrogen and oxygen atoms in total. The summed E-state index contributed by atoms with van der Waals surface area (Å²) in [7, 11) is 2.67. The molecule has 172 valence electrons. The lowest BCUT2D eigenvalue weighted by atomic mass is 10.0. The van der Waals surface area contributed by atoms with Gasteiger partial charge in [0.25, 0.3) is 0 Å². The van der Waals surface area contributed by atoms with E-state index in [4.69, 9.17) is 15.5 Å². The zero-order valence-electron chi connectivity index (χ0n) is 17.7. The number of benzene rings is 1. The number of aromatic nitrogens is 2. The predicted octanol–water partition coefficient (Wildman–Crippen LogP) is 3.93. The standard InChI is InChI=1S/C20H27N5O4.2ClH/c1-11-17-13-9-8-12(23-20(27)29-3)10-16(13)24-15(19(26)28-2)7-5-4-6-14(21)18(22-11)25-17;;/h8-10,14-15,24H,4-7,21H2,1-3H3,(H,22,25)(H,23,27);2*1H/t14-,15+;;/m0../s1. The van der Waals surface area contributed by atoms with Crippen LogP contribution in [0.15, 0.2) is 18.2 Å². The first-order valence-corrected chi connectivity index (χ1v) is 9.58. The molecule has 1 aromatic heterocycles. The molecule has 1 aromatic carbocycles. The molecule has 2 atom stereocenters. The average molecular weight is 474 g/mol. The van der Waals surface area contributed by atoms with E-state index in [2.05, 4.69) is 20.4 Å². The van der Waals surface area contributed by atoms with Crippen LogP contribution in [0.3, 0.4) is 0 Å². The number of aryl methyl sites for hydroxylation is 1. The molecule has 31 heavy (non-hydrogen) atoms. The minimum Gasteiger partial charge on any atom is -0.467 e. The Labute approximate surface area is 193 Å². The van der Waals surface area contributed by atoms with Gasteiger partial charge in [0.15, 0.2) is 0 Å². The van der Waals surface area contributed by atoms with Crippen LogP contribution in [-0.4, -0.2) is 42.3 Å². The van der Waals surface area contributed by atoms with Crippen molar-refractivity contribution in [2.24, 2.45) is 5.73 Å². The topological polar surface area (TPSA) is 131 Å². The van der Waals surface area contributed by atoms with Gasteiger partial charge in [-0.1, -0.05) is 12.8 Å². The van der Waals surface area contributed by atoms with E-state index in [-0.39, 0.29) is 36.8 Å². The molecule has 11 heteroatoms. The number of esters is 1. The van der Waals surface area contributed by atoms with Gasteiger partial charge in [-0.2, -0.15) is 0 Å². The van der Waals surface area contributed by atoms with Crippen LogP contribution in [0.25, 0.3) is 11.3 Å². The monoisotopic (exact) mass is 473 g/mol. The molecule has 2 aromatic rings. The van der Waals surface area contributed by atoms with Crippen molar-refractivity contribution in [3.8, 4) is 11.3 Å². The predicted molar refractivity (Wildman–Crippen MR) is 124 cm³/mol. The van der Waals surface area contributed by atoms with Gasteiger partial charge in [-0.15, -0.1) is 24.8 Å². The van der Waals surface area contributed by atoms with Crippen molar-refractivity contribution in [1.29, 1.82) is 0 Å². The number of H-pyrrole nitrogens is 1. The number of halogens is 2. The number of hydrogen-bond donors (Lipinski definition) is 4. The Kier molecular flexibility index (Phi) is 10.1. The quantitative estimate of drug-likeness (QED) is 0.485. The Morgan fingerprint density at radius 2 is 1.87 bits per heavy atom. The molecule has 2 bridgehead atoms. The highest BCUT2D eigenvalue weighted by molar-refractivity contribution is 5.89. The van der Waals surface area contributed by atoms with E-state index >= 15 is 0 Å². The van der Waals surface area contributed by atoms with Crippen LogP contribution in [0, 0.1) is 6.92 Å². The number of hydrogen-bond acceptors (Lipinski definition) is 7. The number of ether oxygens (including phenoxy) is 2. The van der Waals surface area contributed by atoms with Crippen molar-refractivity contribution in [3.05, 3.63) is 29.7 Å². The van der Waals surface area contributed by atoms with Crippen LogP contribution in [-0.2, 0) is 14.3 Å². The summed E-state index contributed by atoms with van der Waals surface area (Å²) < 4.78 is 9.64. The number of amides is 1. The molecule has 0 aliphatic carbocycles. The molecule has 1 amide bonds. The van der Waals surface area contributed by atoms with Crippen LogP contribution in [0.4, 0.5) is 16.2 Å². The minimum atomic E-state index is -0.577. The Morgan fingerprint density at radius 1 is 1.16 bits per heavy atom. The molecule has 2 heterocycles. The van der Waals surface area contributed by atoms with Gasteiger partial charge in [0.1, 0.15) is 11.9 Å². The molecular formula is C20H29Cl2N5O4. The number of methoxy groups -OCH3 is 2. The third kappa shape index (κ3) is 6.25. The van der Waals surface area contributed by atoms with E-state index in [1.54, 1.807) is 12.1 Å². The first-order chi connectivity index (χ1) is 13.9. The fourth-order valence-corrected chi connectivity index (χ4v) is 3.47. The van der Waals surface area contributed by atoms with Crippen molar-refractivity contribution >= 4 is 48.3 Å². The van der Waals surface area contributed by atoms with Crippen LogP contribution < -0.4 is 16.4 Å².